The molecule has 0 radical (unpaired) electrons. The molecule has 17 heavy (non-hydrogen) atoms. The number of aliphatic hydroxyl groups excluding tert-OH is 1. The Kier molecular flexibility index (Phi) is 4.83. The Morgan fingerprint density at radius 2 is 2.12 bits per heavy atom. The lowest BCUT2D eigenvalue weighted by Gasteiger charge is -2.28. The van der Waals surface area contributed by atoms with E-state index in [2.05, 4.69) is 5.32 Å². The van der Waals surface area contributed by atoms with Gasteiger partial charge in [0.05, 0.1) is 12.7 Å². The lowest BCUT2D eigenvalue weighted by atomic mass is 9.92. The van der Waals surface area contributed by atoms with Crippen LogP contribution in [0.2, 0.25) is 0 Å². The number of piperidine rings is 1. The molecule has 1 aromatic rings. The van der Waals surface area contributed by atoms with Crippen LogP contribution in [-0.4, -0.2) is 30.9 Å². The number of rotatable bonds is 5. The van der Waals surface area contributed by atoms with Crippen molar-refractivity contribution in [3.8, 4) is 5.75 Å². The van der Waals surface area contributed by atoms with Crippen molar-refractivity contribution in [2.24, 2.45) is 5.92 Å². The number of hydrogen-bond donors (Lipinski definition) is 2. The molecule has 0 aliphatic carbocycles. The zero-order chi connectivity index (χ0) is 11.9. The highest BCUT2D eigenvalue weighted by molar-refractivity contribution is 5.20. The maximum atomic E-state index is 9.80. The molecule has 0 saturated carbocycles. The highest BCUT2D eigenvalue weighted by Crippen LogP contribution is 2.17. The highest BCUT2D eigenvalue weighted by atomic mass is 16.5. The Morgan fingerprint density at radius 1 is 1.29 bits per heavy atom. The third kappa shape index (κ3) is 4.02. The SMILES string of the molecule is OC1CCNCC1CCCOc1ccccc1. The molecule has 2 rings (SSSR count). The number of hydrogen-bond acceptors (Lipinski definition) is 3. The Hall–Kier alpha value is -1.06. The van der Waals surface area contributed by atoms with Gasteiger partial charge in [-0.1, -0.05) is 18.2 Å². The van der Waals surface area contributed by atoms with E-state index >= 15 is 0 Å². The fourth-order valence-electron chi connectivity index (χ4n) is 2.26. The summed E-state index contributed by atoms with van der Waals surface area (Å²) in [5.41, 5.74) is 0. The maximum absolute atomic E-state index is 9.80. The number of aliphatic hydroxyl groups is 1. The third-order valence-corrected chi connectivity index (χ3v) is 3.30. The molecular weight excluding hydrogens is 214 g/mol. The van der Waals surface area contributed by atoms with E-state index in [-0.39, 0.29) is 6.10 Å². The second kappa shape index (κ2) is 6.62. The average Bonchev–Trinajstić information content (AvgIpc) is 2.38. The van der Waals surface area contributed by atoms with Gasteiger partial charge in [0.1, 0.15) is 5.75 Å². The van der Waals surface area contributed by atoms with E-state index < -0.39 is 0 Å². The quantitative estimate of drug-likeness (QED) is 0.765. The lowest BCUT2D eigenvalue weighted by molar-refractivity contribution is 0.0712. The molecule has 2 unspecified atom stereocenters. The smallest absolute Gasteiger partial charge is 0.119 e. The minimum atomic E-state index is -0.132. The van der Waals surface area contributed by atoms with Crippen LogP contribution in [-0.2, 0) is 0 Å². The second-order valence-corrected chi connectivity index (χ2v) is 4.62. The van der Waals surface area contributed by atoms with Gasteiger partial charge in [-0.15, -0.1) is 0 Å². The predicted molar refractivity (Wildman–Crippen MR) is 68.2 cm³/mol. The summed E-state index contributed by atoms with van der Waals surface area (Å²) in [7, 11) is 0. The molecule has 1 heterocycles. The molecule has 0 spiro atoms. The molecule has 3 nitrogen and oxygen atoms in total. The van der Waals surface area contributed by atoms with Gasteiger partial charge in [0.15, 0.2) is 0 Å². The molecule has 1 aromatic carbocycles. The van der Waals surface area contributed by atoms with E-state index in [1.54, 1.807) is 0 Å². The summed E-state index contributed by atoms with van der Waals surface area (Å²) in [6.07, 6.45) is 2.77. The topological polar surface area (TPSA) is 41.5 Å². The summed E-state index contributed by atoms with van der Waals surface area (Å²) in [5, 5.41) is 13.1. The molecule has 1 aliphatic rings. The number of benzene rings is 1. The first-order valence-corrected chi connectivity index (χ1v) is 6.43. The number of nitrogens with one attached hydrogen (secondary N) is 1. The van der Waals surface area contributed by atoms with Crippen molar-refractivity contribution in [2.75, 3.05) is 19.7 Å². The highest BCUT2D eigenvalue weighted by Gasteiger charge is 2.21. The van der Waals surface area contributed by atoms with Crippen LogP contribution >= 0.6 is 0 Å². The van der Waals surface area contributed by atoms with Crippen molar-refractivity contribution in [1.29, 1.82) is 0 Å². The Balaban J connectivity index is 1.63. The first-order chi connectivity index (χ1) is 8.36. The van der Waals surface area contributed by atoms with Crippen LogP contribution in [0.25, 0.3) is 0 Å². The van der Waals surface area contributed by atoms with Gasteiger partial charge in [-0.3, -0.25) is 0 Å². The zero-order valence-corrected chi connectivity index (χ0v) is 10.1. The van der Waals surface area contributed by atoms with Gasteiger partial charge in [0.2, 0.25) is 0 Å². The van der Waals surface area contributed by atoms with Gasteiger partial charge in [-0.25, -0.2) is 0 Å². The standard InChI is InChI=1S/C14H21NO2/c16-14-8-9-15-11-12(14)5-4-10-17-13-6-2-1-3-7-13/h1-3,6-7,12,14-16H,4-5,8-11H2. The van der Waals surface area contributed by atoms with Gasteiger partial charge in [-0.2, -0.15) is 0 Å². The van der Waals surface area contributed by atoms with Crippen LogP contribution in [0.1, 0.15) is 19.3 Å². The molecule has 0 aromatic heterocycles. The van der Waals surface area contributed by atoms with Gasteiger partial charge in [0, 0.05) is 6.54 Å². The van der Waals surface area contributed by atoms with Gasteiger partial charge >= 0.3 is 0 Å². The molecule has 2 N–H and O–H groups in total. The van der Waals surface area contributed by atoms with Gasteiger partial charge in [0.25, 0.3) is 0 Å². The van der Waals surface area contributed by atoms with E-state index in [1.165, 1.54) is 0 Å². The van der Waals surface area contributed by atoms with E-state index in [0.717, 1.165) is 44.7 Å². The Morgan fingerprint density at radius 3 is 2.88 bits per heavy atom. The van der Waals surface area contributed by atoms with Crippen LogP contribution in [0.15, 0.2) is 30.3 Å². The minimum absolute atomic E-state index is 0.132. The Bertz CT molecular complexity index is 315. The summed E-state index contributed by atoms with van der Waals surface area (Å²) < 4.78 is 5.63. The van der Waals surface area contributed by atoms with Gasteiger partial charge < -0.3 is 15.2 Å². The monoisotopic (exact) mass is 235 g/mol. The maximum Gasteiger partial charge on any atom is 0.119 e. The van der Waals surface area contributed by atoms with E-state index in [1.807, 2.05) is 30.3 Å². The normalized spacial score (nSPS) is 24.5. The number of ether oxygens (including phenoxy) is 1. The van der Waals surface area contributed by atoms with Crippen molar-refractivity contribution in [2.45, 2.75) is 25.4 Å². The van der Waals surface area contributed by atoms with Crippen molar-refractivity contribution < 1.29 is 9.84 Å². The largest absolute Gasteiger partial charge is 0.494 e. The van der Waals surface area contributed by atoms with Gasteiger partial charge in [-0.05, 0) is 43.9 Å². The fraction of sp³-hybridized carbons (Fsp3) is 0.571. The molecule has 3 heteroatoms. The molecule has 94 valence electrons. The molecule has 1 fully saturated rings. The zero-order valence-electron chi connectivity index (χ0n) is 10.1. The summed E-state index contributed by atoms with van der Waals surface area (Å²) in [6, 6.07) is 9.87. The third-order valence-electron chi connectivity index (χ3n) is 3.30. The number of para-hydroxylation sites is 1. The summed E-state index contributed by atoms with van der Waals surface area (Å²) in [4.78, 5) is 0. The second-order valence-electron chi connectivity index (χ2n) is 4.62. The average molecular weight is 235 g/mol. The predicted octanol–water partition coefficient (Wildman–Crippen LogP) is 1.82. The van der Waals surface area contributed by atoms with Crippen LogP contribution < -0.4 is 10.1 Å². The summed E-state index contributed by atoms with van der Waals surface area (Å²) in [6.45, 7) is 2.61. The van der Waals surface area contributed by atoms with Crippen molar-refractivity contribution >= 4 is 0 Å². The van der Waals surface area contributed by atoms with Crippen LogP contribution in [0.4, 0.5) is 0 Å². The lowest BCUT2D eigenvalue weighted by Crippen LogP contribution is -2.39. The summed E-state index contributed by atoms with van der Waals surface area (Å²) >= 11 is 0. The van der Waals surface area contributed by atoms with Crippen molar-refractivity contribution in [3.05, 3.63) is 30.3 Å². The van der Waals surface area contributed by atoms with Crippen molar-refractivity contribution in [1.82, 2.24) is 5.32 Å². The van der Waals surface area contributed by atoms with E-state index in [9.17, 15) is 5.11 Å². The molecule has 0 amide bonds. The van der Waals surface area contributed by atoms with Crippen LogP contribution in [0.5, 0.6) is 5.75 Å². The Labute approximate surface area is 103 Å². The minimum Gasteiger partial charge on any atom is -0.494 e. The van der Waals surface area contributed by atoms with Crippen molar-refractivity contribution in [3.63, 3.8) is 0 Å². The van der Waals surface area contributed by atoms with Crippen LogP contribution in [0, 0.1) is 5.92 Å². The van der Waals surface area contributed by atoms with E-state index in [4.69, 9.17) is 4.74 Å². The molecule has 0 bridgehead atoms. The molecular formula is C14H21NO2. The first-order valence-electron chi connectivity index (χ1n) is 6.43. The summed E-state index contributed by atoms with van der Waals surface area (Å²) in [5.74, 6) is 1.32. The van der Waals surface area contributed by atoms with E-state index in [0.29, 0.717) is 5.92 Å². The molecule has 2 atom stereocenters. The first kappa shape index (κ1) is 12.4. The molecule has 1 saturated heterocycles. The van der Waals surface area contributed by atoms with Crippen LogP contribution in [0.3, 0.4) is 0 Å². The fourth-order valence-corrected chi connectivity index (χ4v) is 2.26. The molecule has 1 aliphatic heterocycles.